The molecule has 2 nitrogen and oxygen atoms in total. The van der Waals surface area contributed by atoms with Gasteiger partial charge in [0.15, 0.2) is 5.78 Å². The first-order chi connectivity index (χ1) is 7.94. The van der Waals surface area contributed by atoms with Crippen LogP contribution in [0.4, 0.5) is 0 Å². The summed E-state index contributed by atoms with van der Waals surface area (Å²) in [5, 5.41) is 10.5. The van der Waals surface area contributed by atoms with Crippen LogP contribution in [-0.2, 0) is 4.79 Å². The third-order valence-corrected chi connectivity index (χ3v) is 4.94. The summed E-state index contributed by atoms with van der Waals surface area (Å²) in [5.41, 5.74) is 0.107. The second-order valence-electron chi connectivity index (χ2n) is 6.24. The van der Waals surface area contributed by atoms with Gasteiger partial charge in [0, 0.05) is 11.8 Å². The first-order valence-corrected chi connectivity index (χ1v) is 6.59. The fraction of sp³-hybridized carbons (Fsp3) is 0.667. The number of allylic oxidation sites excluding steroid dienone is 3. The number of carbonyl (C=O) groups excluding carboxylic acids is 1. The summed E-state index contributed by atoms with van der Waals surface area (Å²) in [6, 6.07) is 0. The van der Waals surface area contributed by atoms with Crippen LogP contribution < -0.4 is 0 Å². The van der Waals surface area contributed by atoms with E-state index in [1.807, 2.05) is 0 Å². The fourth-order valence-electron chi connectivity index (χ4n) is 4.03. The quantitative estimate of drug-likeness (QED) is 0.705. The molecule has 4 rings (SSSR count). The zero-order chi connectivity index (χ0) is 12.4. The number of ketones is 1. The Hall–Kier alpha value is -0.890. The number of hydrogen-bond acceptors (Lipinski definition) is 2. The van der Waals surface area contributed by atoms with Crippen molar-refractivity contribution < 1.29 is 9.90 Å². The summed E-state index contributed by atoms with van der Waals surface area (Å²) in [6.07, 6.45) is 7.59. The molecule has 1 saturated carbocycles. The first kappa shape index (κ1) is 11.2. The molecule has 0 heterocycles. The molecule has 5 unspecified atom stereocenters. The molecule has 0 saturated heterocycles. The molecular formula is C15H20O2. The van der Waals surface area contributed by atoms with Crippen LogP contribution >= 0.6 is 0 Å². The average molecular weight is 232 g/mol. The van der Waals surface area contributed by atoms with E-state index in [2.05, 4.69) is 32.1 Å². The molecule has 0 radical (unpaired) electrons. The molecule has 92 valence electrons. The van der Waals surface area contributed by atoms with Gasteiger partial charge < -0.3 is 5.11 Å². The summed E-state index contributed by atoms with van der Waals surface area (Å²) >= 11 is 0. The van der Waals surface area contributed by atoms with E-state index in [4.69, 9.17) is 0 Å². The van der Waals surface area contributed by atoms with E-state index in [-0.39, 0.29) is 17.6 Å². The Labute approximate surface area is 102 Å². The van der Waals surface area contributed by atoms with Crippen molar-refractivity contribution in [2.75, 3.05) is 0 Å². The fourth-order valence-corrected chi connectivity index (χ4v) is 4.03. The van der Waals surface area contributed by atoms with Crippen LogP contribution in [0.15, 0.2) is 23.8 Å². The van der Waals surface area contributed by atoms with E-state index < -0.39 is 5.60 Å². The van der Waals surface area contributed by atoms with Crippen LogP contribution in [0.25, 0.3) is 0 Å². The maximum atomic E-state index is 12.4. The van der Waals surface area contributed by atoms with Gasteiger partial charge in [0.2, 0.25) is 0 Å². The number of aliphatic hydroxyl groups is 1. The van der Waals surface area contributed by atoms with Crippen molar-refractivity contribution in [2.45, 2.75) is 32.8 Å². The van der Waals surface area contributed by atoms with Gasteiger partial charge in [-0.1, -0.05) is 37.6 Å². The zero-order valence-electron chi connectivity index (χ0n) is 10.7. The minimum Gasteiger partial charge on any atom is -0.382 e. The summed E-state index contributed by atoms with van der Waals surface area (Å²) in [5.74, 6) is 1.17. The van der Waals surface area contributed by atoms with Crippen LogP contribution in [0.2, 0.25) is 0 Å². The van der Waals surface area contributed by atoms with Crippen LogP contribution in [0.3, 0.4) is 0 Å². The molecular weight excluding hydrogens is 212 g/mol. The highest BCUT2D eigenvalue weighted by atomic mass is 16.3. The highest BCUT2D eigenvalue weighted by Gasteiger charge is 2.59. The van der Waals surface area contributed by atoms with E-state index in [0.717, 1.165) is 6.42 Å². The van der Waals surface area contributed by atoms with Gasteiger partial charge in [0.05, 0.1) is 0 Å². The molecule has 0 aliphatic heterocycles. The second-order valence-corrected chi connectivity index (χ2v) is 6.24. The van der Waals surface area contributed by atoms with Crippen LogP contribution in [-0.4, -0.2) is 16.5 Å². The number of rotatable bonds is 1. The van der Waals surface area contributed by atoms with Gasteiger partial charge in [-0.25, -0.2) is 0 Å². The predicted molar refractivity (Wildman–Crippen MR) is 66.3 cm³/mol. The molecule has 4 aliphatic carbocycles. The van der Waals surface area contributed by atoms with Gasteiger partial charge in [-0.2, -0.15) is 0 Å². The molecule has 1 fully saturated rings. The Morgan fingerprint density at radius 2 is 2.18 bits per heavy atom. The monoisotopic (exact) mass is 232 g/mol. The van der Waals surface area contributed by atoms with Crippen molar-refractivity contribution in [3.8, 4) is 0 Å². The van der Waals surface area contributed by atoms with Gasteiger partial charge in [-0.05, 0) is 31.1 Å². The Balaban J connectivity index is 2.13. The minimum absolute atomic E-state index is 0.0115. The Bertz CT molecular complexity index is 428. The van der Waals surface area contributed by atoms with E-state index in [1.54, 1.807) is 6.92 Å². The third-order valence-electron chi connectivity index (χ3n) is 4.94. The SMILES string of the molecule is CC(C)C1=CC2C3CC=CC3C1C(=O)C2(C)O. The number of fused-ring (bicyclic) bond motifs is 1. The average Bonchev–Trinajstić information content (AvgIpc) is 2.72. The lowest BCUT2D eigenvalue weighted by atomic mass is 9.53. The van der Waals surface area contributed by atoms with Crippen molar-refractivity contribution in [3.05, 3.63) is 23.8 Å². The van der Waals surface area contributed by atoms with Crippen molar-refractivity contribution in [3.63, 3.8) is 0 Å². The van der Waals surface area contributed by atoms with E-state index in [1.165, 1.54) is 5.57 Å². The van der Waals surface area contributed by atoms with Gasteiger partial charge >= 0.3 is 0 Å². The van der Waals surface area contributed by atoms with Gasteiger partial charge in [0.1, 0.15) is 5.60 Å². The number of hydrogen-bond donors (Lipinski definition) is 1. The molecule has 0 aromatic heterocycles. The van der Waals surface area contributed by atoms with Crippen molar-refractivity contribution in [1.29, 1.82) is 0 Å². The molecule has 0 aromatic rings. The van der Waals surface area contributed by atoms with Crippen LogP contribution in [0, 0.1) is 29.6 Å². The largest absolute Gasteiger partial charge is 0.382 e. The van der Waals surface area contributed by atoms with Gasteiger partial charge in [0.25, 0.3) is 0 Å². The predicted octanol–water partition coefficient (Wildman–Crippen LogP) is 2.34. The number of carbonyl (C=O) groups is 1. The van der Waals surface area contributed by atoms with Gasteiger partial charge in [-0.3, -0.25) is 4.79 Å². The highest BCUT2D eigenvalue weighted by molar-refractivity contribution is 5.94. The Kier molecular flexibility index (Phi) is 2.19. The summed E-state index contributed by atoms with van der Waals surface area (Å²) in [4.78, 5) is 12.4. The van der Waals surface area contributed by atoms with E-state index in [0.29, 0.717) is 17.8 Å². The topological polar surface area (TPSA) is 37.3 Å². The third kappa shape index (κ3) is 1.28. The number of Topliss-reactive ketones (excluding diaryl/α,β-unsaturated/α-hetero) is 1. The first-order valence-electron chi connectivity index (χ1n) is 6.59. The minimum atomic E-state index is -1.14. The van der Waals surface area contributed by atoms with E-state index >= 15 is 0 Å². The molecule has 0 aromatic carbocycles. The molecule has 5 atom stereocenters. The summed E-state index contributed by atoms with van der Waals surface area (Å²) < 4.78 is 0. The molecule has 2 bridgehead atoms. The van der Waals surface area contributed by atoms with E-state index in [9.17, 15) is 9.90 Å². The van der Waals surface area contributed by atoms with Crippen molar-refractivity contribution in [1.82, 2.24) is 0 Å². The maximum absolute atomic E-state index is 12.4. The lowest BCUT2D eigenvalue weighted by Crippen LogP contribution is -2.59. The van der Waals surface area contributed by atoms with Crippen LogP contribution in [0.1, 0.15) is 27.2 Å². The smallest absolute Gasteiger partial charge is 0.172 e. The normalized spacial score (nSPS) is 47.6. The second kappa shape index (κ2) is 3.32. The van der Waals surface area contributed by atoms with Crippen molar-refractivity contribution >= 4 is 5.78 Å². The lowest BCUT2D eigenvalue weighted by Gasteiger charge is -2.52. The van der Waals surface area contributed by atoms with Gasteiger partial charge in [-0.15, -0.1) is 0 Å². The summed E-state index contributed by atoms with van der Waals surface area (Å²) in [7, 11) is 0. The molecule has 1 N–H and O–H groups in total. The lowest BCUT2D eigenvalue weighted by molar-refractivity contribution is -0.156. The zero-order valence-corrected chi connectivity index (χ0v) is 10.7. The molecule has 4 aliphatic rings. The molecule has 0 spiro atoms. The van der Waals surface area contributed by atoms with Crippen LogP contribution in [0.5, 0.6) is 0 Å². The standard InChI is InChI=1S/C15H20O2/c1-8(2)11-7-12-9-5-4-6-10(9)13(11)14(16)15(12,3)17/h4,6-10,12-13,17H,5H2,1-3H3. The Morgan fingerprint density at radius 1 is 1.47 bits per heavy atom. The molecule has 17 heavy (non-hydrogen) atoms. The Morgan fingerprint density at radius 3 is 2.82 bits per heavy atom. The molecule has 0 amide bonds. The summed E-state index contributed by atoms with van der Waals surface area (Å²) in [6.45, 7) is 5.99. The maximum Gasteiger partial charge on any atom is 0.172 e. The molecule has 2 heteroatoms. The highest BCUT2D eigenvalue weighted by Crippen LogP contribution is 2.55. The van der Waals surface area contributed by atoms with Crippen molar-refractivity contribution in [2.24, 2.45) is 29.6 Å².